The molecule has 0 N–H and O–H groups in total. The fraction of sp³-hybridized carbons (Fsp3) is 0.111. The number of pyridine rings is 2. The molecule has 3 rings (SSSR count). The van der Waals surface area contributed by atoms with Crippen LogP contribution in [0.15, 0.2) is 73.2 Å². The highest BCUT2D eigenvalue weighted by atomic mass is 16.5. The Morgan fingerprint density at radius 2 is 1.50 bits per heavy atom. The highest BCUT2D eigenvalue weighted by Crippen LogP contribution is 2.12. The number of benzene rings is 1. The van der Waals surface area contributed by atoms with Crippen LogP contribution >= 0.6 is 0 Å². The molecule has 22 heavy (non-hydrogen) atoms. The molecule has 0 saturated heterocycles. The van der Waals surface area contributed by atoms with Crippen LogP contribution in [-0.2, 0) is 13.2 Å². The van der Waals surface area contributed by atoms with Crippen LogP contribution in [0.3, 0.4) is 0 Å². The first-order valence-corrected chi connectivity index (χ1v) is 7.04. The average Bonchev–Trinajstić information content (AvgIpc) is 2.61. The van der Waals surface area contributed by atoms with E-state index in [1.807, 2.05) is 54.6 Å². The van der Waals surface area contributed by atoms with Crippen LogP contribution in [0, 0.1) is 0 Å². The lowest BCUT2D eigenvalue weighted by molar-refractivity contribution is 0.293. The van der Waals surface area contributed by atoms with Crippen molar-refractivity contribution in [3.05, 3.63) is 84.3 Å². The van der Waals surface area contributed by atoms with E-state index in [0.29, 0.717) is 19.1 Å². The SMILES string of the molecule is c1ccc(OCc2ccc(COc3cccnc3)cc2)nc1. The summed E-state index contributed by atoms with van der Waals surface area (Å²) in [6.07, 6.45) is 5.15. The van der Waals surface area contributed by atoms with E-state index in [2.05, 4.69) is 9.97 Å². The van der Waals surface area contributed by atoms with Crippen molar-refractivity contribution in [1.29, 1.82) is 0 Å². The molecule has 110 valence electrons. The molecular weight excluding hydrogens is 276 g/mol. The van der Waals surface area contributed by atoms with Crippen LogP contribution in [0.1, 0.15) is 11.1 Å². The van der Waals surface area contributed by atoms with Gasteiger partial charge in [-0.25, -0.2) is 4.98 Å². The van der Waals surface area contributed by atoms with Gasteiger partial charge in [0.25, 0.3) is 0 Å². The van der Waals surface area contributed by atoms with Gasteiger partial charge in [-0.05, 0) is 29.3 Å². The highest BCUT2D eigenvalue weighted by Gasteiger charge is 1.99. The molecule has 2 aromatic heterocycles. The molecule has 0 spiro atoms. The second-order valence-electron chi connectivity index (χ2n) is 4.75. The van der Waals surface area contributed by atoms with E-state index < -0.39 is 0 Å². The standard InChI is InChI=1S/C18H16N2O2/c1-2-11-20-18(5-1)22-14-16-8-6-15(7-9-16)13-21-17-4-3-10-19-12-17/h1-12H,13-14H2. The zero-order chi connectivity index (χ0) is 15.0. The van der Waals surface area contributed by atoms with Crippen molar-refractivity contribution < 1.29 is 9.47 Å². The minimum atomic E-state index is 0.501. The molecule has 0 unspecified atom stereocenters. The molecule has 0 aliphatic rings. The molecule has 0 aliphatic heterocycles. The Bertz CT molecular complexity index is 623. The van der Waals surface area contributed by atoms with Gasteiger partial charge < -0.3 is 9.47 Å². The van der Waals surface area contributed by atoms with Crippen LogP contribution < -0.4 is 9.47 Å². The largest absolute Gasteiger partial charge is 0.487 e. The number of nitrogens with zero attached hydrogens (tertiary/aromatic N) is 2. The zero-order valence-corrected chi connectivity index (χ0v) is 12.1. The zero-order valence-electron chi connectivity index (χ0n) is 12.1. The molecule has 0 amide bonds. The summed E-state index contributed by atoms with van der Waals surface area (Å²) in [6, 6.07) is 17.5. The van der Waals surface area contributed by atoms with E-state index in [1.54, 1.807) is 18.6 Å². The van der Waals surface area contributed by atoms with E-state index in [0.717, 1.165) is 16.9 Å². The van der Waals surface area contributed by atoms with Gasteiger partial charge in [-0.15, -0.1) is 0 Å². The first-order chi connectivity index (χ1) is 10.9. The second kappa shape index (κ2) is 7.22. The lowest BCUT2D eigenvalue weighted by atomic mass is 10.1. The van der Waals surface area contributed by atoms with Gasteiger partial charge in [-0.2, -0.15) is 0 Å². The van der Waals surface area contributed by atoms with Crippen LogP contribution in [0.4, 0.5) is 0 Å². The van der Waals surface area contributed by atoms with Gasteiger partial charge >= 0.3 is 0 Å². The third kappa shape index (κ3) is 4.06. The lowest BCUT2D eigenvalue weighted by Gasteiger charge is -2.08. The first-order valence-electron chi connectivity index (χ1n) is 7.04. The minimum absolute atomic E-state index is 0.501. The van der Waals surface area contributed by atoms with Gasteiger partial charge in [0.05, 0.1) is 6.20 Å². The molecule has 0 aliphatic carbocycles. The molecule has 4 heteroatoms. The van der Waals surface area contributed by atoms with Crippen LogP contribution in [0.2, 0.25) is 0 Å². The van der Waals surface area contributed by atoms with Crippen molar-refractivity contribution in [2.45, 2.75) is 13.2 Å². The van der Waals surface area contributed by atoms with Crippen molar-refractivity contribution >= 4 is 0 Å². The number of ether oxygens (including phenoxy) is 2. The summed E-state index contributed by atoms with van der Waals surface area (Å²) in [5.74, 6) is 1.40. The summed E-state index contributed by atoms with van der Waals surface area (Å²) < 4.78 is 11.3. The Morgan fingerprint density at radius 1 is 0.727 bits per heavy atom. The quantitative estimate of drug-likeness (QED) is 0.696. The van der Waals surface area contributed by atoms with Crippen LogP contribution in [0.5, 0.6) is 11.6 Å². The second-order valence-corrected chi connectivity index (χ2v) is 4.75. The lowest BCUT2D eigenvalue weighted by Crippen LogP contribution is -1.99. The smallest absolute Gasteiger partial charge is 0.213 e. The number of hydrogen-bond donors (Lipinski definition) is 0. The van der Waals surface area contributed by atoms with Crippen molar-refractivity contribution in [3.63, 3.8) is 0 Å². The highest BCUT2D eigenvalue weighted by molar-refractivity contribution is 5.23. The predicted octanol–water partition coefficient (Wildman–Crippen LogP) is 3.63. The summed E-state index contributed by atoms with van der Waals surface area (Å²) in [7, 11) is 0. The van der Waals surface area contributed by atoms with Crippen LogP contribution in [-0.4, -0.2) is 9.97 Å². The predicted molar refractivity (Wildman–Crippen MR) is 83.6 cm³/mol. The van der Waals surface area contributed by atoms with Crippen molar-refractivity contribution in [2.24, 2.45) is 0 Å². The Morgan fingerprint density at radius 3 is 2.14 bits per heavy atom. The molecule has 0 atom stereocenters. The third-order valence-electron chi connectivity index (χ3n) is 3.09. The van der Waals surface area contributed by atoms with Gasteiger partial charge in [-0.3, -0.25) is 4.98 Å². The van der Waals surface area contributed by atoms with E-state index in [-0.39, 0.29) is 0 Å². The van der Waals surface area contributed by atoms with Crippen molar-refractivity contribution in [1.82, 2.24) is 9.97 Å². The first kappa shape index (κ1) is 14.1. The molecule has 3 aromatic rings. The maximum atomic E-state index is 5.66. The molecule has 1 aromatic carbocycles. The van der Waals surface area contributed by atoms with E-state index in [9.17, 15) is 0 Å². The summed E-state index contributed by atoms with van der Waals surface area (Å²) in [5.41, 5.74) is 2.20. The van der Waals surface area contributed by atoms with E-state index in [1.165, 1.54) is 0 Å². The fourth-order valence-electron chi connectivity index (χ4n) is 1.92. The molecule has 4 nitrogen and oxygen atoms in total. The van der Waals surface area contributed by atoms with E-state index in [4.69, 9.17) is 9.47 Å². The normalized spacial score (nSPS) is 10.2. The topological polar surface area (TPSA) is 44.2 Å². The maximum Gasteiger partial charge on any atom is 0.213 e. The van der Waals surface area contributed by atoms with Gasteiger partial charge in [0.15, 0.2) is 0 Å². The van der Waals surface area contributed by atoms with Gasteiger partial charge in [-0.1, -0.05) is 30.3 Å². The summed E-state index contributed by atoms with van der Waals surface area (Å²) in [6.45, 7) is 1.02. The van der Waals surface area contributed by atoms with Crippen molar-refractivity contribution in [2.75, 3.05) is 0 Å². The molecule has 0 bridgehead atoms. The van der Waals surface area contributed by atoms with E-state index >= 15 is 0 Å². The van der Waals surface area contributed by atoms with Gasteiger partial charge in [0, 0.05) is 18.5 Å². The molecular formula is C18H16N2O2. The number of rotatable bonds is 6. The Labute approximate surface area is 129 Å². The van der Waals surface area contributed by atoms with Gasteiger partial charge in [0.2, 0.25) is 5.88 Å². The number of aromatic nitrogens is 2. The monoisotopic (exact) mass is 292 g/mol. The fourth-order valence-corrected chi connectivity index (χ4v) is 1.92. The maximum absolute atomic E-state index is 5.66. The molecule has 0 saturated carbocycles. The summed E-state index contributed by atoms with van der Waals surface area (Å²) in [5, 5.41) is 0. The minimum Gasteiger partial charge on any atom is -0.487 e. The Hall–Kier alpha value is -2.88. The summed E-state index contributed by atoms with van der Waals surface area (Å²) >= 11 is 0. The van der Waals surface area contributed by atoms with Crippen LogP contribution in [0.25, 0.3) is 0 Å². The van der Waals surface area contributed by atoms with Crippen molar-refractivity contribution in [3.8, 4) is 11.6 Å². The molecule has 0 radical (unpaired) electrons. The Balaban J connectivity index is 1.52. The van der Waals surface area contributed by atoms with Gasteiger partial charge in [0.1, 0.15) is 19.0 Å². The number of hydrogen-bond acceptors (Lipinski definition) is 4. The average molecular weight is 292 g/mol. The molecule has 0 fully saturated rings. The summed E-state index contributed by atoms with van der Waals surface area (Å²) in [4.78, 5) is 8.14. The molecule has 2 heterocycles. The third-order valence-corrected chi connectivity index (χ3v) is 3.09. The Kier molecular flexibility index (Phi) is 4.62.